The number of rotatable bonds is 6. The minimum atomic E-state index is -0.408. The van der Waals surface area contributed by atoms with Gasteiger partial charge in [0, 0.05) is 51.8 Å². The summed E-state index contributed by atoms with van der Waals surface area (Å²) >= 11 is 0. The van der Waals surface area contributed by atoms with Crippen LogP contribution in [0.4, 0.5) is 0 Å². The number of nitrogens with one attached hydrogen (secondary N) is 1. The van der Waals surface area contributed by atoms with Crippen molar-refractivity contribution < 1.29 is 23.9 Å². The van der Waals surface area contributed by atoms with E-state index in [0.29, 0.717) is 49.2 Å². The first-order valence-corrected chi connectivity index (χ1v) is 10.4. The number of carbonyl (C=O) groups excluding carboxylic acids is 3. The number of likely N-dealkylation sites (tertiary alicyclic amines) is 1. The first-order chi connectivity index (χ1) is 14.0. The van der Waals surface area contributed by atoms with Gasteiger partial charge >= 0.3 is 5.97 Å². The Labute approximate surface area is 171 Å². The van der Waals surface area contributed by atoms with Crippen molar-refractivity contribution in [2.45, 2.75) is 39.0 Å². The number of nitrogens with zero attached hydrogens (tertiary/aromatic N) is 1. The Hall–Kier alpha value is -2.41. The largest absolute Gasteiger partial charge is 0.427 e. The van der Waals surface area contributed by atoms with Gasteiger partial charge in [0.05, 0.1) is 0 Å². The van der Waals surface area contributed by atoms with Crippen LogP contribution in [0.5, 0.6) is 5.75 Å². The molecule has 7 nitrogen and oxygen atoms in total. The summed E-state index contributed by atoms with van der Waals surface area (Å²) < 4.78 is 10.4. The van der Waals surface area contributed by atoms with Crippen LogP contribution in [0.3, 0.4) is 0 Å². The van der Waals surface area contributed by atoms with Gasteiger partial charge in [0.1, 0.15) is 5.75 Å². The summed E-state index contributed by atoms with van der Waals surface area (Å²) in [5, 5.41) is 3.07. The monoisotopic (exact) mass is 402 g/mol. The summed E-state index contributed by atoms with van der Waals surface area (Å²) in [6.45, 7) is 4.85. The molecular weight excluding hydrogens is 372 g/mol. The highest BCUT2D eigenvalue weighted by Crippen LogP contribution is 2.21. The van der Waals surface area contributed by atoms with Crippen LogP contribution < -0.4 is 10.1 Å². The summed E-state index contributed by atoms with van der Waals surface area (Å²) in [7, 11) is 0. The van der Waals surface area contributed by atoms with Crippen molar-refractivity contribution in [2.24, 2.45) is 11.8 Å². The lowest BCUT2D eigenvalue weighted by Crippen LogP contribution is -2.41. The molecule has 29 heavy (non-hydrogen) atoms. The molecule has 0 aromatic heterocycles. The zero-order valence-corrected chi connectivity index (χ0v) is 17.0. The maximum atomic E-state index is 12.7. The van der Waals surface area contributed by atoms with E-state index in [1.54, 1.807) is 24.3 Å². The molecule has 2 heterocycles. The standard InChI is InChI=1S/C22H30N2O5/c1-16(25)29-20-4-2-3-19(14-20)22(27)24-9-5-18(6-10-24)15-23-21(26)13-17-7-11-28-12-8-17/h2-4,14,17-18H,5-13,15H2,1H3,(H,23,26). The minimum Gasteiger partial charge on any atom is -0.427 e. The number of benzene rings is 1. The molecule has 0 bridgehead atoms. The van der Waals surface area contributed by atoms with Crippen LogP contribution in [0.15, 0.2) is 24.3 Å². The predicted molar refractivity (Wildman–Crippen MR) is 108 cm³/mol. The molecule has 7 heteroatoms. The van der Waals surface area contributed by atoms with Crippen LogP contribution in [0.25, 0.3) is 0 Å². The van der Waals surface area contributed by atoms with E-state index < -0.39 is 5.97 Å². The number of esters is 1. The van der Waals surface area contributed by atoms with E-state index in [-0.39, 0.29) is 11.8 Å². The Kier molecular flexibility index (Phi) is 7.63. The first-order valence-electron chi connectivity index (χ1n) is 10.4. The first kappa shape index (κ1) is 21.3. The van der Waals surface area contributed by atoms with Crippen molar-refractivity contribution in [3.8, 4) is 5.75 Å². The number of amides is 2. The summed E-state index contributed by atoms with van der Waals surface area (Å²) in [4.78, 5) is 37.8. The van der Waals surface area contributed by atoms with Crippen molar-refractivity contribution >= 4 is 17.8 Å². The maximum Gasteiger partial charge on any atom is 0.308 e. The van der Waals surface area contributed by atoms with E-state index in [1.165, 1.54) is 6.92 Å². The molecule has 1 N–H and O–H groups in total. The van der Waals surface area contributed by atoms with Gasteiger partial charge in [-0.25, -0.2) is 0 Å². The second-order valence-electron chi connectivity index (χ2n) is 7.92. The molecule has 2 aliphatic heterocycles. The number of ether oxygens (including phenoxy) is 2. The Morgan fingerprint density at radius 2 is 1.83 bits per heavy atom. The SMILES string of the molecule is CC(=O)Oc1cccc(C(=O)N2CCC(CNC(=O)CC3CCOCC3)CC2)c1. The molecule has 0 saturated carbocycles. The van der Waals surface area contributed by atoms with Gasteiger partial charge in [-0.2, -0.15) is 0 Å². The second kappa shape index (κ2) is 10.4. The fourth-order valence-electron chi connectivity index (χ4n) is 3.92. The Balaban J connectivity index is 1.41. The highest BCUT2D eigenvalue weighted by molar-refractivity contribution is 5.94. The number of hydrogen-bond donors (Lipinski definition) is 1. The summed E-state index contributed by atoms with van der Waals surface area (Å²) in [6, 6.07) is 6.71. The lowest BCUT2D eigenvalue weighted by atomic mass is 9.94. The average Bonchev–Trinajstić information content (AvgIpc) is 2.72. The fraction of sp³-hybridized carbons (Fsp3) is 0.591. The van der Waals surface area contributed by atoms with Crippen LogP contribution in [-0.2, 0) is 14.3 Å². The Bertz CT molecular complexity index is 722. The molecule has 2 aliphatic rings. The third-order valence-corrected chi connectivity index (χ3v) is 5.65. The normalized spacial score (nSPS) is 18.3. The number of carbonyl (C=O) groups is 3. The molecular formula is C22H30N2O5. The zero-order valence-electron chi connectivity index (χ0n) is 17.0. The fourth-order valence-corrected chi connectivity index (χ4v) is 3.92. The molecule has 3 rings (SSSR count). The molecule has 2 amide bonds. The average molecular weight is 402 g/mol. The van der Waals surface area contributed by atoms with E-state index >= 15 is 0 Å². The predicted octanol–water partition coefficient (Wildman–Crippen LogP) is 2.40. The smallest absolute Gasteiger partial charge is 0.308 e. The van der Waals surface area contributed by atoms with Crippen LogP contribution in [-0.4, -0.2) is 55.5 Å². The Morgan fingerprint density at radius 3 is 2.52 bits per heavy atom. The molecule has 2 saturated heterocycles. The molecule has 158 valence electrons. The third-order valence-electron chi connectivity index (χ3n) is 5.65. The van der Waals surface area contributed by atoms with Crippen molar-refractivity contribution in [2.75, 3.05) is 32.8 Å². The lowest BCUT2D eigenvalue weighted by molar-refractivity contribution is -0.132. The second-order valence-corrected chi connectivity index (χ2v) is 7.92. The summed E-state index contributed by atoms with van der Waals surface area (Å²) in [5.74, 6) is 0.870. The van der Waals surface area contributed by atoms with Gasteiger partial charge in [-0.3, -0.25) is 14.4 Å². The van der Waals surface area contributed by atoms with Crippen LogP contribution in [0.2, 0.25) is 0 Å². The van der Waals surface area contributed by atoms with Crippen molar-refractivity contribution in [3.63, 3.8) is 0 Å². The number of hydrogen-bond acceptors (Lipinski definition) is 5. The summed E-state index contributed by atoms with van der Waals surface area (Å²) in [6.07, 6.45) is 4.25. The molecule has 0 spiro atoms. The van der Waals surface area contributed by atoms with Gasteiger partial charge in [-0.1, -0.05) is 6.07 Å². The van der Waals surface area contributed by atoms with E-state index in [2.05, 4.69) is 5.32 Å². The number of piperidine rings is 1. The van der Waals surface area contributed by atoms with E-state index in [9.17, 15) is 14.4 Å². The van der Waals surface area contributed by atoms with Gasteiger partial charge in [0.2, 0.25) is 5.91 Å². The van der Waals surface area contributed by atoms with E-state index in [4.69, 9.17) is 9.47 Å². The van der Waals surface area contributed by atoms with E-state index in [0.717, 1.165) is 38.9 Å². The van der Waals surface area contributed by atoms with Crippen LogP contribution >= 0.6 is 0 Å². The van der Waals surface area contributed by atoms with Gasteiger partial charge in [0.25, 0.3) is 5.91 Å². The van der Waals surface area contributed by atoms with Gasteiger partial charge in [-0.05, 0) is 55.7 Å². The molecule has 0 radical (unpaired) electrons. The van der Waals surface area contributed by atoms with E-state index in [1.807, 2.05) is 4.90 Å². The van der Waals surface area contributed by atoms with Crippen molar-refractivity contribution in [3.05, 3.63) is 29.8 Å². The topological polar surface area (TPSA) is 84.9 Å². The zero-order chi connectivity index (χ0) is 20.6. The van der Waals surface area contributed by atoms with Crippen LogP contribution in [0.1, 0.15) is 49.4 Å². The van der Waals surface area contributed by atoms with Crippen molar-refractivity contribution in [1.82, 2.24) is 10.2 Å². The minimum absolute atomic E-state index is 0.0546. The summed E-state index contributed by atoms with van der Waals surface area (Å²) in [5.41, 5.74) is 0.520. The molecule has 1 aromatic rings. The highest BCUT2D eigenvalue weighted by atomic mass is 16.5. The van der Waals surface area contributed by atoms with Gasteiger partial charge < -0.3 is 19.7 Å². The quantitative estimate of drug-likeness (QED) is 0.583. The molecule has 0 unspecified atom stereocenters. The molecule has 1 aromatic carbocycles. The van der Waals surface area contributed by atoms with Gasteiger partial charge in [0.15, 0.2) is 0 Å². The van der Waals surface area contributed by atoms with Gasteiger partial charge in [-0.15, -0.1) is 0 Å². The highest BCUT2D eigenvalue weighted by Gasteiger charge is 2.25. The Morgan fingerprint density at radius 1 is 1.10 bits per heavy atom. The molecule has 2 fully saturated rings. The van der Waals surface area contributed by atoms with Crippen molar-refractivity contribution in [1.29, 1.82) is 0 Å². The third kappa shape index (κ3) is 6.56. The molecule has 0 atom stereocenters. The van der Waals surface area contributed by atoms with Crippen LogP contribution in [0, 0.1) is 11.8 Å². The molecule has 0 aliphatic carbocycles. The maximum absolute atomic E-state index is 12.7. The lowest BCUT2D eigenvalue weighted by Gasteiger charge is -2.32.